The Morgan fingerprint density at radius 1 is 0.600 bits per heavy atom. The quantitative estimate of drug-likeness (QED) is 0.463. The van der Waals surface area contributed by atoms with E-state index in [9.17, 15) is 0 Å². The minimum atomic E-state index is -1.77. The van der Waals surface area contributed by atoms with Crippen molar-refractivity contribution < 1.29 is 0 Å². The van der Waals surface area contributed by atoms with E-state index in [0.29, 0.717) is 0 Å². The molecular formula is C23H25ClSi. The van der Waals surface area contributed by atoms with Gasteiger partial charge in [0.15, 0.2) is 0 Å². The molecule has 2 heteroatoms. The summed E-state index contributed by atoms with van der Waals surface area (Å²) < 4.78 is -0.434. The van der Waals surface area contributed by atoms with Crippen LogP contribution in [0.2, 0.25) is 0 Å². The lowest BCUT2D eigenvalue weighted by molar-refractivity contribution is 0.354. The third kappa shape index (κ3) is 3.44. The minimum absolute atomic E-state index is 0.0848. The van der Waals surface area contributed by atoms with Gasteiger partial charge in [-0.05, 0) is 11.0 Å². The molecule has 0 radical (unpaired) electrons. The maximum absolute atomic E-state index is 7.64. The highest BCUT2D eigenvalue weighted by Crippen LogP contribution is 2.47. The van der Waals surface area contributed by atoms with E-state index in [1.807, 2.05) is 0 Å². The molecule has 0 nitrogen and oxygen atoms in total. The maximum Gasteiger partial charge on any atom is 0.131 e. The molecule has 3 aromatic carbocycles. The highest BCUT2D eigenvalue weighted by molar-refractivity contribution is 6.92. The molecule has 1 unspecified atom stereocenters. The normalized spacial score (nSPS) is 14.3. The first kappa shape index (κ1) is 18.0. The molecule has 0 amide bonds. The fourth-order valence-corrected chi connectivity index (χ4v) is 8.45. The van der Waals surface area contributed by atoms with Gasteiger partial charge in [-0.3, -0.25) is 0 Å². The van der Waals surface area contributed by atoms with Crippen LogP contribution in [0.25, 0.3) is 0 Å². The molecule has 0 aliphatic rings. The Labute approximate surface area is 158 Å². The van der Waals surface area contributed by atoms with Gasteiger partial charge in [-0.2, -0.15) is 0 Å². The van der Waals surface area contributed by atoms with Crippen molar-refractivity contribution in [3.63, 3.8) is 0 Å². The molecule has 0 spiro atoms. The molecule has 0 aromatic heterocycles. The first-order chi connectivity index (χ1) is 11.9. The summed E-state index contributed by atoms with van der Waals surface area (Å²) in [6.07, 6.45) is 0. The van der Waals surface area contributed by atoms with Crippen LogP contribution in [0.3, 0.4) is 0 Å². The number of hydrogen-bond acceptors (Lipinski definition) is 0. The monoisotopic (exact) mass is 364 g/mol. The fraction of sp³-hybridized carbons (Fsp3) is 0.217. The van der Waals surface area contributed by atoms with Crippen molar-refractivity contribution in [3.05, 3.63) is 96.6 Å². The molecule has 0 aliphatic heterocycles. The van der Waals surface area contributed by atoms with Gasteiger partial charge in [0.05, 0.1) is 4.50 Å². The minimum Gasteiger partial charge on any atom is -0.117 e. The highest BCUT2D eigenvalue weighted by Gasteiger charge is 2.50. The van der Waals surface area contributed by atoms with Gasteiger partial charge >= 0.3 is 0 Å². The number of benzene rings is 3. The summed E-state index contributed by atoms with van der Waals surface area (Å²) in [5.74, 6) is 0. The zero-order chi connectivity index (χ0) is 17.9. The van der Waals surface area contributed by atoms with Crippen LogP contribution in [0, 0.1) is 5.41 Å². The van der Waals surface area contributed by atoms with Crippen LogP contribution in [0.15, 0.2) is 91.0 Å². The third-order valence-corrected chi connectivity index (χ3v) is 10.5. The van der Waals surface area contributed by atoms with Crippen molar-refractivity contribution in [2.75, 3.05) is 0 Å². The largest absolute Gasteiger partial charge is 0.131 e. The molecule has 0 N–H and O–H groups in total. The van der Waals surface area contributed by atoms with Crippen molar-refractivity contribution in [2.45, 2.75) is 25.3 Å². The van der Waals surface area contributed by atoms with Gasteiger partial charge in [0.2, 0.25) is 0 Å². The smallest absolute Gasteiger partial charge is 0.117 e. The van der Waals surface area contributed by atoms with E-state index >= 15 is 0 Å². The van der Waals surface area contributed by atoms with E-state index < -0.39 is 13.3 Å². The van der Waals surface area contributed by atoms with Gasteiger partial charge in [-0.25, -0.2) is 0 Å². The first-order valence-electron chi connectivity index (χ1n) is 8.79. The van der Waals surface area contributed by atoms with Crippen LogP contribution in [-0.4, -0.2) is 8.80 Å². The van der Waals surface area contributed by atoms with Gasteiger partial charge in [0.25, 0.3) is 0 Å². The summed E-state index contributed by atoms with van der Waals surface area (Å²) in [6.45, 7) is 6.79. The van der Waals surface area contributed by atoms with Gasteiger partial charge in [-0.15, -0.1) is 11.6 Å². The summed E-state index contributed by atoms with van der Waals surface area (Å²) in [7, 11) is -1.77. The molecule has 1 atom stereocenters. The second kappa shape index (κ2) is 7.19. The average Bonchev–Trinajstić information content (AvgIpc) is 2.63. The third-order valence-electron chi connectivity index (χ3n) is 4.95. The van der Waals surface area contributed by atoms with Crippen LogP contribution in [0.4, 0.5) is 0 Å². The second-order valence-electron chi connectivity index (χ2n) is 7.58. The average molecular weight is 365 g/mol. The van der Waals surface area contributed by atoms with Crippen LogP contribution in [0.5, 0.6) is 0 Å². The van der Waals surface area contributed by atoms with Crippen molar-refractivity contribution in [2.24, 2.45) is 5.41 Å². The topological polar surface area (TPSA) is 0 Å². The van der Waals surface area contributed by atoms with Crippen molar-refractivity contribution in [1.82, 2.24) is 0 Å². The molecule has 3 aromatic rings. The van der Waals surface area contributed by atoms with Crippen molar-refractivity contribution in [1.29, 1.82) is 0 Å². The second-order valence-corrected chi connectivity index (χ2v) is 11.6. The maximum atomic E-state index is 7.64. The number of hydrogen-bond donors (Lipinski definition) is 0. The fourth-order valence-electron chi connectivity index (χ4n) is 3.66. The molecule has 3 rings (SSSR count). The Kier molecular flexibility index (Phi) is 5.17. The molecule has 0 fully saturated rings. The lowest BCUT2D eigenvalue weighted by Gasteiger charge is -2.45. The summed E-state index contributed by atoms with van der Waals surface area (Å²) in [5, 5.41) is 2.75. The molecule has 0 saturated carbocycles. The molecular weight excluding hydrogens is 340 g/mol. The van der Waals surface area contributed by atoms with E-state index in [-0.39, 0.29) is 5.41 Å². The molecule has 0 bridgehead atoms. The Morgan fingerprint density at radius 3 is 1.32 bits per heavy atom. The summed E-state index contributed by atoms with van der Waals surface area (Å²) in [4.78, 5) is 0. The highest BCUT2D eigenvalue weighted by atomic mass is 35.5. The lowest BCUT2D eigenvalue weighted by atomic mass is 9.86. The Bertz CT molecular complexity index is 754. The van der Waals surface area contributed by atoms with E-state index in [1.54, 1.807) is 0 Å². The van der Waals surface area contributed by atoms with Gasteiger partial charge in [-0.1, -0.05) is 122 Å². The zero-order valence-corrected chi connectivity index (χ0v) is 17.0. The number of alkyl halides is 1. The summed E-state index contributed by atoms with van der Waals surface area (Å²) >= 11 is 7.64. The lowest BCUT2D eigenvalue weighted by Crippen LogP contribution is -2.61. The molecule has 128 valence electrons. The van der Waals surface area contributed by atoms with Crippen LogP contribution in [0.1, 0.15) is 26.3 Å². The van der Waals surface area contributed by atoms with E-state index in [4.69, 9.17) is 11.6 Å². The molecule has 25 heavy (non-hydrogen) atoms. The Morgan fingerprint density at radius 2 is 0.960 bits per heavy atom. The first-order valence-corrected chi connectivity index (χ1v) is 10.9. The van der Waals surface area contributed by atoms with Crippen molar-refractivity contribution >= 4 is 30.8 Å². The standard InChI is InChI=1S/C23H25ClSi/c1-22(2,3)23(24,19-13-7-4-8-14-19)25(20-15-9-5-10-16-20)21-17-11-6-12-18-21/h4-18,25H,1-3H3. The van der Waals surface area contributed by atoms with Crippen LogP contribution in [-0.2, 0) is 4.50 Å². The predicted octanol–water partition coefficient (Wildman–Crippen LogP) is 4.75. The summed E-state index contributed by atoms with van der Waals surface area (Å²) in [6, 6.07) is 32.3. The van der Waals surface area contributed by atoms with Gasteiger partial charge in [0, 0.05) is 0 Å². The van der Waals surface area contributed by atoms with E-state index in [2.05, 4.69) is 112 Å². The predicted molar refractivity (Wildman–Crippen MR) is 113 cm³/mol. The Balaban J connectivity index is 2.29. The van der Waals surface area contributed by atoms with Crippen LogP contribution >= 0.6 is 11.6 Å². The molecule has 0 heterocycles. The van der Waals surface area contributed by atoms with E-state index in [0.717, 1.165) is 0 Å². The summed E-state index contributed by atoms with van der Waals surface area (Å²) in [5.41, 5.74) is 1.13. The van der Waals surface area contributed by atoms with Gasteiger partial charge in [0.1, 0.15) is 8.80 Å². The van der Waals surface area contributed by atoms with E-state index in [1.165, 1.54) is 15.9 Å². The number of rotatable bonds is 4. The van der Waals surface area contributed by atoms with Gasteiger partial charge < -0.3 is 0 Å². The SMILES string of the molecule is CC(C)(C)C(Cl)(c1ccccc1)[SiH](c1ccccc1)c1ccccc1. The zero-order valence-electron chi connectivity index (χ0n) is 15.1. The van der Waals surface area contributed by atoms with Crippen molar-refractivity contribution in [3.8, 4) is 0 Å². The number of halogens is 1. The molecule has 0 saturated heterocycles. The molecule has 0 aliphatic carbocycles. The Hall–Kier alpha value is -1.83. The van der Waals surface area contributed by atoms with Crippen LogP contribution < -0.4 is 10.4 Å².